The first kappa shape index (κ1) is 32.4. The van der Waals surface area contributed by atoms with Gasteiger partial charge in [-0.3, -0.25) is 9.36 Å². The second-order valence-corrected chi connectivity index (χ2v) is 14.0. The molecule has 1 aromatic heterocycles. The highest BCUT2D eigenvalue weighted by atomic mass is 127. The lowest BCUT2D eigenvalue weighted by molar-refractivity contribution is -0.139. The quantitative estimate of drug-likeness (QED) is 0.138. The molecule has 7 nitrogen and oxygen atoms in total. The number of allylic oxidation sites excluding steroid dienone is 1. The minimum absolute atomic E-state index is 0.226. The molecule has 1 aliphatic heterocycles. The first-order chi connectivity index (χ1) is 21.1. The minimum Gasteiger partial charge on any atom is -0.493 e. The fraction of sp³-hybridized carbons (Fsp3) is 0.265. The van der Waals surface area contributed by atoms with E-state index >= 15 is 0 Å². The zero-order valence-corrected chi connectivity index (χ0v) is 30.2. The summed E-state index contributed by atoms with van der Waals surface area (Å²) >= 11 is 5.80. The van der Waals surface area contributed by atoms with Crippen LogP contribution in [0.2, 0.25) is 0 Å². The van der Waals surface area contributed by atoms with Gasteiger partial charge in [0, 0.05) is 3.57 Å². The molecule has 0 radical (unpaired) electrons. The number of rotatable bonds is 9. The van der Waals surface area contributed by atoms with Gasteiger partial charge in [-0.15, -0.1) is 0 Å². The van der Waals surface area contributed by atoms with Crippen LogP contribution < -0.4 is 24.4 Å². The van der Waals surface area contributed by atoms with Crippen LogP contribution in [0.1, 0.15) is 61.9 Å². The number of nitrogens with zero attached hydrogens (tertiary/aromatic N) is 2. The summed E-state index contributed by atoms with van der Waals surface area (Å²) in [7, 11) is 1.60. The highest BCUT2D eigenvalue weighted by molar-refractivity contribution is 14.1. The molecule has 0 amide bonds. The molecule has 0 saturated heterocycles. The molecule has 4 aromatic rings. The van der Waals surface area contributed by atoms with Gasteiger partial charge in [-0.2, -0.15) is 0 Å². The number of carbonyl (C=O) groups excluding carboxylic acids is 1. The lowest BCUT2D eigenvalue weighted by Crippen LogP contribution is -2.39. The summed E-state index contributed by atoms with van der Waals surface area (Å²) in [5.41, 5.74) is 4.53. The zero-order valence-electron chi connectivity index (χ0n) is 25.0. The zero-order chi connectivity index (χ0) is 31.5. The fourth-order valence-corrected chi connectivity index (χ4v) is 7.21. The average molecular weight is 835 g/mol. The van der Waals surface area contributed by atoms with Crippen molar-refractivity contribution in [2.45, 2.75) is 46.3 Å². The van der Waals surface area contributed by atoms with Crippen LogP contribution in [0, 0.1) is 7.14 Å². The van der Waals surface area contributed by atoms with Gasteiger partial charge in [-0.1, -0.05) is 61.6 Å². The van der Waals surface area contributed by atoms with Crippen molar-refractivity contribution < 1.29 is 19.0 Å². The molecule has 1 atom stereocenters. The number of carbonyl (C=O) groups is 1. The number of hydrogen-bond acceptors (Lipinski definition) is 7. The van der Waals surface area contributed by atoms with Crippen LogP contribution >= 0.6 is 56.5 Å². The SMILES string of the molecule is CCOC(=O)C1=C(C)N=c2sc(=Cc3cc(I)c(OCc4ccc(I)cc4)c(OC)c3)c(=O)n2[C@@H]1c1ccc(C(C)C)cc1. The number of halogens is 2. The van der Waals surface area contributed by atoms with Gasteiger partial charge in [0.1, 0.15) is 6.61 Å². The minimum atomic E-state index is -0.652. The molecule has 0 spiro atoms. The topological polar surface area (TPSA) is 79.1 Å². The van der Waals surface area contributed by atoms with Gasteiger partial charge in [0.05, 0.1) is 39.1 Å². The van der Waals surface area contributed by atoms with E-state index in [1.807, 2.05) is 66.7 Å². The van der Waals surface area contributed by atoms with Crippen molar-refractivity contribution in [3.05, 3.63) is 121 Å². The fourth-order valence-electron chi connectivity index (χ4n) is 5.02. The van der Waals surface area contributed by atoms with Crippen molar-refractivity contribution in [3.8, 4) is 11.5 Å². The third-order valence-electron chi connectivity index (χ3n) is 7.28. The average Bonchev–Trinajstić information content (AvgIpc) is 3.30. The van der Waals surface area contributed by atoms with Gasteiger partial charge >= 0.3 is 5.97 Å². The van der Waals surface area contributed by atoms with Crippen molar-refractivity contribution in [2.75, 3.05) is 13.7 Å². The third kappa shape index (κ3) is 6.81. The molecular formula is C34H32I2N2O5S. The number of thiazole rings is 1. The number of esters is 1. The van der Waals surface area contributed by atoms with Crippen molar-refractivity contribution in [3.63, 3.8) is 0 Å². The Bertz CT molecular complexity index is 1910. The van der Waals surface area contributed by atoms with Crippen LogP contribution in [0.25, 0.3) is 6.08 Å². The van der Waals surface area contributed by atoms with Crippen LogP contribution in [0.15, 0.2) is 81.7 Å². The lowest BCUT2D eigenvalue weighted by Gasteiger charge is -2.25. The van der Waals surface area contributed by atoms with Gasteiger partial charge in [0.15, 0.2) is 16.3 Å². The van der Waals surface area contributed by atoms with E-state index in [0.29, 0.717) is 44.6 Å². The molecule has 0 fully saturated rings. The highest BCUT2D eigenvalue weighted by Gasteiger charge is 2.33. The van der Waals surface area contributed by atoms with Crippen molar-refractivity contribution >= 4 is 68.6 Å². The molecule has 3 aromatic carbocycles. The monoisotopic (exact) mass is 834 g/mol. The maximum atomic E-state index is 14.0. The smallest absolute Gasteiger partial charge is 0.338 e. The Morgan fingerprint density at radius 2 is 1.80 bits per heavy atom. The summed E-state index contributed by atoms with van der Waals surface area (Å²) in [6.07, 6.45) is 1.83. The van der Waals surface area contributed by atoms with E-state index < -0.39 is 12.0 Å². The molecule has 0 bridgehead atoms. The molecule has 0 aliphatic carbocycles. The molecule has 0 N–H and O–H groups in total. The first-order valence-electron chi connectivity index (χ1n) is 14.2. The van der Waals surface area contributed by atoms with Gasteiger partial charge in [-0.25, -0.2) is 9.79 Å². The predicted octanol–water partition coefficient (Wildman–Crippen LogP) is 6.72. The molecule has 228 valence electrons. The molecule has 5 rings (SSSR count). The second kappa shape index (κ2) is 14.0. The summed E-state index contributed by atoms with van der Waals surface area (Å²) in [6, 6.07) is 19.4. The summed E-state index contributed by atoms with van der Waals surface area (Å²) in [5, 5.41) is 0. The first-order valence-corrected chi connectivity index (χ1v) is 17.1. The van der Waals surface area contributed by atoms with Gasteiger partial charge in [0.2, 0.25) is 0 Å². The number of methoxy groups -OCH3 is 1. The van der Waals surface area contributed by atoms with E-state index in [1.165, 1.54) is 16.9 Å². The van der Waals surface area contributed by atoms with Gasteiger partial charge in [-0.05, 0) is 118 Å². The van der Waals surface area contributed by atoms with Crippen LogP contribution in [0.5, 0.6) is 11.5 Å². The summed E-state index contributed by atoms with van der Waals surface area (Å²) in [6.45, 7) is 8.45. The normalized spacial score (nSPS) is 14.8. The van der Waals surface area contributed by atoms with E-state index in [0.717, 1.165) is 23.8 Å². The Hall–Kier alpha value is -2.97. The van der Waals surface area contributed by atoms with Crippen molar-refractivity contribution in [1.82, 2.24) is 4.57 Å². The van der Waals surface area contributed by atoms with E-state index in [2.05, 4.69) is 59.0 Å². The Morgan fingerprint density at radius 3 is 2.43 bits per heavy atom. The Kier molecular flexibility index (Phi) is 10.3. The van der Waals surface area contributed by atoms with E-state index in [9.17, 15) is 9.59 Å². The number of ether oxygens (including phenoxy) is 3. The lowest BCUT2D eigenvalue weighted by atomic mass is 9.93. The molecule has 1 aliphatic rings. The summed E-state index contributed by atoms with van der Waals surface area (Å²) in [5.74, 6) is 1.10. The number of benzene rings is 3. The van der Waals surface area contributed by atoms with Crippen LogP contribution in [-0.2, 0) is 16.1 Å². The van der Waals surface area contributed by atoms with Crippen LogP contribution in [0.3, 0.4) is 0 Å². The highest BCUT2D eigenvalue weighted by Crippen LogP contribution is 2.35. The number of aromatic nitrogens is 1. The standard InChI is InChI=1S/C34H32I2N2O5S/c1-6-42-33(40)29-20(4)37-34-38(30(29)24-11-9-23(10-12-24)19(2)3)32(39)28(44-34)17-22-15-26(36)31(27(16-22)41-5)43-18-21-7-13-25(35)14-8-21/h7-17,19,30H,6,18H2,1-5H3/t30-/m1/s1. The molecular weight excluding hydrogens is 802 g/mol. The molecule has 0 saturated carbocycles. The Balaban J connectivity index is 1.57. The summed E-state index contributed by atoms with van der Waals surface area (Å²) in [4.78, 5) is 32.5. The van der Waals surface area contributed by atoms with Crippen LogP contribution in [0.4, 0.5) is 0 Å². The largest absolute Gasteiger partial charge is 0.493 e. The Labute approximate surface area is 287 Å². The van der Waals surface area contributed by atoms with Crippen molar-refractivity contribution in [2.24, 2.45) is 4.99 Å². The van der Waals surface area contributed by atoms with E-state index in [4.69, 9.17) is 19.2 Å². The molecule has 10 heteroatoms. The van der Waals surface area contributed by atoms with Crippen molar-refractivity contribution in [1.29, 1.82) is 0 Å². The number of hydrogen-bond donors (Lipinski definition) is 0. The predicted molar refractivity (Wildman–Crippen MR) is 190 cm³/mol. The molecule has 44 heavy (non-hydrogen) atoms. The summed E-state index contributed by atoms with van der Waals surface area (Å²) < 4.78 is 21.4. The maximum absolute atomic E-state index is 14.0. The van der Waals surface area contributed by atoms with Gasteiger partial charge < -0.3 is 14.2 Å². The maximum Gasteiger partial charge on any atom is 0.338 e. The van der Waals surface area contributed by atoms with E-state index in [1.54, 1.807) is 25.5 Å². The molecule has 2 heterocycles. The number of fused-ring (bicyclic) bond motifs is 1. The van der Waals surface area contributed by atoms with Crippen LogP contribution in [-0.4, -0.2) is 24.3 Å². The Morgan fingerprint density at radius 1 is 1.09 bits per heavy atom. The third-order valence-corrected chi connectivity index (χ3v) is 9.79. The van der Waals surface area contributed by atoms with Gasteiger partial charge in [0.25, 0.3) is 5.56 Å². The second-order valence-electron chi connectivity index (χ2n) is 10.6. The van der Waals surface area contributed by atoms with E-state index in [-0.39, 0.29) is 12.2 Å². The molecule has 0 unspecified atom stereocenters.